The number of hydrogen-bond donors (Lipinski definition) is 2. The van der Waals surface area contributed by atoms with Crippen LogP contribution in [0.1, 0.15) is 17.6 Å². The molecule has 0 spiro atoms. The van der Waals surface area contributed by atoms with Gasteiger partial charge in [0.05, 0.1) is 17.2 Å². The molecule has 0 radical (unpaired) electrons. The van der Waals surface area contributed by atoms with E-state index in [0.717, 1.165) is 17.1 Å². The number of pyridine rings is 1. The van der Waals surface area contributed by atoms with Gasteiger partial charge in [0.25, 0.3) is 0 Å². The van der Waals surface area contributed by atoms with Crippen molar-refractivity contribution in [2.45, 2.75) is 24.8 Å². The Morgan fingerprint density at radius 3 is 2.70 bits per heavy atom. The lowest BCUT2D eigenvalue weighted by Crippen LogP contribution is -2.18. The van der Waals surface area contributed by atoms with Crippen molar-refractivity contribution in [3.63, 3.8) is 0 Å². The van der Waals surface area contributed by atoms with Crippen LogP contribution in [0.3, 0.4) is 0 Å². The topological polar surface area (TPSA) is 84.0 Å². The Morgan fingerprint density at radius 1 is 1.35 bits per heavy atom. The average molecular weight is 312 g/mol. The van der Waals surface area contributed by atoms with Crippen molar-refractivity contribution in [2.75, 3.05) is 12.4 Å². The summed E-state index contributed by atoms with van der Waals surface area (Å²) < 4.78 is 25.3. The largest absolute Gasteiger partial charge is 0.364 e. The summed E-state index contributed by atoms with van der Waals surface area (Å²) in [5.41, 5.74) is 0.959. The van der Waals surface area contributed by atoms with Crippen LogP contribution in [0.4, 0.5) is 5.82 Å². The number of aryl methyl sites for hydroxylation is 1. The van der Waals surface area contributed by atoms with Crippen molar-refractivity contribution in [2.24, 2.45) is 0 Å². The van der Waals surface area contributed by atoms with E-state index in [1.54, 1.807) is 17.4 Å². The molecule has 20 heavy (non-hydrogen) atoms. The van der Waals surface area contributed by atoms with E-state index in [4.69, 9.17) is 0 Å². The molecular formula is C12H16N4O2S2. The first-order valence-electron chi connectivity index (χ1n) is 6.12. The molecule has 0 amide bonds. The normalized spacial score (nSPS) is 11.5. The highest BCUT2D eigenvalue weighted by Crippen LogP contribution is 2.13. The molecule has 0 aliphatic heterocycles. The van der Waals surface area contributed by atoms with E-state index in [0.29, 0.717) is 12.4 Å². The van der Waals surface area contributed by atoms with Crippen molar-refractivity contribution in [1.29, 1.82) is 0 Å². The highest BCUT2D eigenvalue weighted by Gasteiger charge is 2.11. The monoisotopic (exact) mass is 312 g/mol. The van der Waals surface area contributed by atoms with Gasteiger partial charge in [-0.3, -0.25) is 0 Å². The van der Waals surface area contributed by atoms with Crippen molar-refractivity contribution in [3.05, 3.63) is 34.4 Å². The van der Waals surface area contributed by atoms with Gasteiger partial charge in [0.1, 0.15) is 10.7 Å². The fourth-order valence-electron chi connectivity index (χ4n) is 1.54. The molecule has 6 nitrogen and oxygen atoms in total. The average Bonchev–Trinajstić information content (AvgIpc) is 2.93. The molecule has 8 heteroatoms. The Hall–Kier alpha value is -1.51. The first-order chi connectivity index (χ1) is 9.55. The van der Waals surface area contributed by atoms with Crippen LogP contribution < -0.4 is 10.0 Å². The highest BCUT2D eigenvalue weighted by atomic mass is 32.2. The molecule has 0 aromatic carbocycles. The SMILES string of the molecule is CCc1nc(CNc2ccc(S(=O)(=O)NC)cn2)cs1. The summed E-state index contributed by atoms with van der Waals surface area (Å²) in [6, 6.07) is 3.15. The smallest absolute Gasteiger partial charge is 0.241 e. The quantitative estimate of drug-likeness (QED) is 0.847. The van der Waals surface area contributed by atoms with Crippen molar-refractivity contribution < 1.29 is 8.42 Å². The zero-order valence-corrected chi connectivity index (χ0v) is 12.9. The van der Waals surface area contributed by atoms with Crippen LogP contribution in [0.2, 0.25) is 0 Å². The maximum Gasteiger partial charge on any atom is 0.241 e. The minimum atomic E-state index is -3.43. The fraction of sp³-hybridized carbons (Fsp3) is 0.333. The van der Waals surface area contributed by atoms with E-state index in [1.165, 1.54) is 19.3 Å². The van der Waals surface area contributed by atoms with Gasteiger partial charge in [0.15, 0.2) is 0 Å². The summed E-state index contributed by atoms with van der Waals surface area (Å²) in [7, 11) is -2.06. The van der Waals surface area contributed by atoms with E-state index in [9.17, 15) is 8.42 Å². The second-order valence-corrected chi connectivity index (χ2v) is 6.86. The van der Waals surface area contributed by atoms with Crippen LogP contribution >= 0.6 is 11.3 Å². The van der Waals surface area contributed by atoms with Crippen LogP contribution in [0.15, 0.2) is 28.6 Å². The van der Waals surface area contributed by atoms with Gasteiger partial charge in [-0.05, 0) is 25.6 Å². The predicted octanol–water partition coefficient (Wildman–Crippen LogP) is 1.62. The minimum absolute atomic E-state index is 0.146. The van der Waals surface area contributed by atoms with Gasteiger partial charge in [-0.15, -0.1) is 11.3 Å². The van der Waals surface area contributed by atoms with Crippen LogP contribution in [0.5, 0.6) is 0 Å². The highest BCUT2D eigenvalue weighted by molar-refractivity contribution is 7.89. The maximum atomic E-state index is 11.5. The third-order valence-electron chi connectivity index (χ3n) is 2.67. The maximum absolute atomic E-state index is 11.5. The standard InChI is InChI=1S/C12H16N4O2S2/c1-3-12-16-9(8-19-12)6-14-11-5-4-10(7-15-11)20(17,18)13-2/h4-5,7-8,13H,3,6H2,1-2H3,(H,14,15). The van der Waals surface area contributed by atoms with E-state index >= 15 is 0 Å². The molecule has 108 valence electrons. The van der Waals surface area contributed by atoms with Crippen molar-refractivity contribution in [1.82, 2.24) is 14.7 Å². The van der Waals surface area contributed by atoms with Gasteiger partial charge in [-0.2, -0.15) is 0 Å². The second-order valence-electron chi connectivity index (χ2n) is 4.03. The van der Waals surface area contributed by atoms with Crippen LogP contribution in [-0.2, 0) is 23.0 Å². The summed E-state index contributed by atoms with van der Waals surface area (Å²) in [5, 5.41) is 6.22. The summed E-state index contributed by atoms with van der Waals surface area (Å²) >= 11 is 1.63. The van der Waals surface area contributed by atoms with E-state index in [2.05, 4.69) is 26.9 Å². The van der Waals surface area contributed by atoms with Crippen LogP contribution in [0, 0.1) is 0 Å². The first-order valence-corrected chi connectivity index (χ1v) is 8.48. The number of aromatic nitrogens is 2. The van der Waals surface area contributed by atoms with Gasteiger partial charge in [-0.25, -0.2) is 23.1 Å². The molecule has 0 bridgehead atoms. The number of nitrogens with zero attached hydrogens (tertiary/aromatic N) is 2. The molecule has 2 aromatic rings. The second kappa shape index (κ2) is 6.29. The lowest BCUT2D eigenvalue weighted by Gasteiger charge is -2.05. The Balaban J connectivity index is 2.00. The molecular weight excluding hydrogens is 296 g/mol. The molecule has 0 saturated heterocycles. The summed E-state index contributed by atoms with van der Waals surface area (Å²) in [6.07, 6.45) is 2.26. The molecule has 0 atom stereocenters. The third kappa shape index (κ3) is 3.53. The Kier molecular flexibility index (Phi) is 4.69. The van der Waals surface area contributed by atoms with E-state index in [-0.39, 0.29) is 4.90 Å². The lowest BCUT2D eigenvalue weighted by atomic mass is 10.4. The Bertz CT molecular complexity index is 665. The number of rotatable bonds is 6. The van der Waals surface area contributed by atoms with Crippen molar-refractivity contribution in [3.8, 4) is 0 Å². The van der Waals surface area contributed by atoms with Crippen LogP contribution in [0.25, 0.3) is 0 Å². The number of hydrogen-bond acceptors (Lipinski definition) is 6. The van der Waals surface area contributed by atoms with Crippen LogP contribution in [-0.4, -0.2) is 25.4 Å². The molecule has 0 unspecified atom stereocenters. The molecule has 0 saturated carbocycles. The van der Waals surface area contributed by atoms with E-state index in [1.807, 2.05) is 5.38 Å². The summed E-state index contributed by atoms with van der Waals surface area (Å²) in [4.78, 5) is 8.66. The van der Waals surface area contributed by atoms with Gasteiger partial charge in [-0.1, -0.05) is 6.92 Å². The number of sulfonamides is 1. The predicted molar refractivity (Wildman–Crippen MR) is 79.3 cm³/mol. The van der Waals surface area contributed by atoms with Gasteiger partial charge >= 0.3 is 0 Å². The minimum Gasteiger partial charge on any atom is -0.364 e. The molecule has 2 heterocycles. The Labute approximate surface area is 122 Å². The van der Waals surface area contributed by atoms with Gasteiger partial charge in [0.2, 0.25) is 10.0 Å². The zero-order chi connectivity index (χ0) is 14.6. The number of nitrogens with one attached hydrogen (secondary N) is 2. The molecule has 0 aliphatic rings. The molecule has 2 N–H and O–H groups in total. The molecule has 2 aromatic heterocycles. The van der Waals surface area contributed by atoms with Gasteiger partial charge < -0.3 is 5.32 Å². The van der Waals surface area contributed by atoms with Crippen molar-refractivity contribution >= 4 is 27.2 Å². The Morgan fingerprint density at radius 2 is 2.15 bits per heavy atom. The fourth-order valence-corrected chi connectivity index (χ4v) is 2.95. The zero-order valence-electron chi connectivity index (χ0n) is 11.3. The summed E-state index contributed by atoms with van der Waals surface area (Å²) in [6.45, 7) is 2.64. The number of anilines is 1. The molecule has 0 fully saturated rings. The van der Waals surface area contributed by atoms with E-state index < -0.39 is 10.0 Å². The first kappa shape index (κ1) is 14.9. The molecule has 0 aliphatic carbocycles. The number of thiazole rings is 1. The summed E-state index contributed by atoms with van der Waals surface area (Å²) in [5.74, 6) is 0.617. The van der Waals surface area contributed by atoms with Gasteiger partial charge in [0, 0.05) is 11.6 Å². The lowest BCUT2D eigenvalue weighted by molar-refractivity contribution is 0.588. The third-order valence-corrected chi connectivity index (χ3v) is 5.11. The molecule has 2 rings (SSSR count).